The first-order valence-electron chi connectivity index (χ1n) is 6.30. The van der Waals surface area contributed by atoms with Gasteiger partial charge < -0.3 is 9.64 Å². The van der Waals surface area contributed by atoms with Crippen LogP contribution in [0.1, 0.15) is 30.9 Å². The number of carbonyl (C=O) groups excluding carboxylic acids is 1. The van der Waals surface area contributed by atoms with Crippen LogP contribution in [0.3, 0.4) is 0 Å². The van der Waals surface area contributed by atoms with E-state index in [-0.39, 0.29) is 12.1 Å². The average Bonchev–Trinajstić information content (AvgIpc) is 2.39. The van der Waals surface area contributed by atoms with Crippen molar-refractivity contribution in [2.24, 2.45) is 0 Å². The number of rotatable bonds is 1. The topological polar surface area (TPSA) is 29.5 Å². The van der Waals surface area contributed by atoms with Gasteiger partial charge in [-0.1, -0.05) is 30.3 Å². The van der Waals surface area contributed by atoms with E-state index in [4.69, 9.17) is 4.74 Å². The molecule has 90 valence electrons. The quantitative estimate of drug-likeness (QED) is 0.741. The molecule has 2 aliphatic heterocycles. The molecule has 3 heteroatoms. The second-order valence-electron chi connectivity index (χ2n) is 4.81. The van der Waals surface area contributed by atoms with E-state index in [9.17, 15) is 4.79 Å². The van der Waals surface area contributed by atoms with Crippen LogP contribution < -0.4 is 0 Å². The van der Waals surface area contributed by atoms with Gasteiger partial charge in [-0.15, -0.1) is 0 Å². The van der Waals surface area contributed by atoms with Gasteiger partial charge in [0.15, 0.2) is 0 Å². The fourth-order valence-corrected chi connectivity index (χ4v) is 2.88. The molecule has 0 radical (unpaired) electrons. The van der Waals surface area contributed by atoms with Gasteiger partial charge in [-0.3, -0.25) is 4.79 Å². The molecule has 0 bridgehead atoms. The number of piperidine rings is 1. The predicted octanol–water partition coefficient (Wildman–Crippen LogP) is 2.14. The molecule has 2 saturated heterocycles. The molecule has 1 amide bonds. The van der Waals surface area contributed by atoms with Crippen molar-refractivity contribution in [3.63, 3.8) is 0 Å². The highest BCUT2D eigenvalue weighted by atomic mass is 16.5. The Morgan fingerprint density at radius 1 is 1.18 bits per heavy atom. The average molecular weight is 231 g/mol. The Morgan fingerprint density at radius 2 is 2.00 bits per heavy atom. The Kier molecular flexibility index (Phi) is 2.85. The number of amides is 1. The molecule has 1 aromatic carbocycles. The molecule has 1 aromatic rings. The zero-order valence-corrected chi connectivity index (χ0v) is 9.84. The van der Waals surface area contributed by atoms with E-state index in [0.29, 0.717) is 25.5 Å². The van der Waals surface area contributed by atoms with Gasteiger partial charge in [0.1, 0.15) is 0 Å². The van der Waals surface area contributed by atoms with Crippen molar-refractivity contribution in [2.75, 3.05) is 13.2 Å². The molecular formula is C14H17NO2. The number of morpholine rings is 1. The maximum Gasteiger partial charge on any atom is 0.223 e. The summed E-state index contributed by atoms with van der Waals surface area (Å²) in [4.78, 5) is 14.1. The van der Waals surface area contributed by atoms with Crippen molar-refractivity contribution in [1.29, 1.82) is 0 Å². The molecule has 2 fully saturated rings. The first kappa shape index (κ1) is 10.8. The summed E-state index contributed by atoms with van der Waals surface area (Å²) in [5.74, 6) is 0.290. The molecule has 17 heavy (non-hydrogen) atoms. The normalized spacial score (nSPS) is 28.9. The molecule has 0 spiro atoms. The number of benzene rings is 1. The zero-order chi connectivity index (χ0) is 11.7. The predicted molar refractivity (Wildman–Crippen MR) is 64.5 cm³/mol. The summed E-state index contributed by atoms with van der Waals surface area (Å²) in [5.41, 5.74) is 1.19. The summed E-state index contributed by atoms with van der Waals surface area (Å²) >= 11 is 0. The van der Waals surface area contributed by atoms with Gasteiger partial charge in [-0.25, -0.2) is 0 Å². The van der Waals surface area contributed by atoms with E-state index in [1.807, 2.05) is 18.2 Å². The van der Waals surface area contributed by atoms with E-state index in [0.717, 1.165) is 12.8 Å². The van der Waals surface area contributed by atoms with Crippen molar-refractivity contribution < 1.29 is 9.53 Å². The third kappa shape index (κ3) is 1.95. The minimum absolute atomic E-state index is 0.114. The summed E-state index contributed by atoms with van der Waals surface area (Å²) in [6.07, 6.45) is 2.78. The number of fused-ring (bicyclic) bond motifs is 1. The van der Waals surface area contributed by atoms with Crippen LogP contribution >= 0.6 is 0 Å². The lowest BCUT2D eigenvalue weighted by molar-refractivity contribution is -0.151. The number of hydrogen-bond acceptors (Lipinski definition) is 2. The number of nitrogens with zero attached hydrogens (tertiary/aromatic N) is 1. The van der Waals surface area contributed by atoms with Gasteiger partial charge in [-0.2, -0.15) is 0 Å². The van der Waals surface area contributed by atoms with Crippen LogP contribution in [-0.2, 0) is 9.53 Å². The van der Waals surface area contributed by atoms with E-state index in [2.05, 4.69) is 17.0 Å². The fourth-order valence-electron chi connectivity index (χ4n) is 2.88. The monoisotopic (exact) mass is 231 g/mol. The van der Waals surface area contributed by atoms with Gasteiger partial charge >= 0.3 is 0 Å². The highest BCUT2D eigenvalue weighted by Crippen LogP contribution is 2.32. The molecular weight excluding hydrogens is 214 g/mol. The molecule has 3 rings (SSSR count). The zero-order valence-electron chi connectivity index (χ0n) is 9.84. The fraction of sp³-hybridized carbons (Fsp3) is 0.500. The Labute approximate surface area is 101 Å². The molecule has 0 N–H and O–H groups in total. The Morgan fingerprint density at radius 3 is 2.82 bits per heavy atom. The maximum atomic E-state index is 12.1. The van der Waals surface area contributed by atoms with Crippen molar-refractivity contribution in [2.45, 2.75) is 31.3 Å². The Balaban J connectivity index is 1.90. The van der Waals surface area contributed by atoms with E-state index in [1.54, 1.807) is 0 Å². The molecule has 3 nitrogen and oxygen atoms in total. The summed E-state index contributed by atoms with van der Waals surface area (Å²) in [5, 5.41) is 0. The standard InChI is InChI=1S/C14H17NO2/c16-14-8-4-7-12-9-17-10-13(15(12)14)11-5-2-1-3-6-11/h1-3,5-6,12-13H,4,7-10H2. The van der Waals surface area contributed by atoms with Crippen LogP contribution in [0.4, 0.5) is 0 Å². The maximum absolute atomic E-state index is 12.1. The lowest BCUT2D eigenvalue weighted by Gasteiger charge is -2.44. The minimum atomic E-state index is 0.114. The lowest BCUT2D eigenvalue weighted by atomic mass is 9.95. The Hall–Kier alpha value is -1.35. The second kappa shape index (κ2) is 4.49. The lowest BCUT2D eigenvalue weighted by Crippen LogP contribution is -2.52. The van der Waals surface area contributed by atoms with Crippen molar-refractivity contribution in [3.8, 4) is 0 Å². The third-order valence-corrected chi connectivity index (χ3v) is 3.72. The minimum Gasteiger partial charge on any atom is -0.377 e. The number of hydrogen-bond donors (Lipinski definition) is 0. The third-order valence-electron chi connectivity index (χ3n) is 3.72. The second-order valence-corrected chi connectivity index (χ2v) is 4.81. The highest BCUT2D eigenvalue weighted by Gasteiger charge is 2.37. The van der Waals surface area contributed by atoms with Gasteiger partial charge in [-0.05, 0) is 18.4 Å². The van der Waals surface area contributed by atoms with Crippen LogP contribution in [0.5, 0.6) is 0 Å². The summed E-state index contributed by atoms with van der Waals surface area (Å²) in [6, 6.07) is 10.6. The van der Waals surface area contributed by atoms with Gasteiger partial charge in [0, 0.05) is 6.42 Å². The Bertz CT molecular complexity index is 402. The molecule has 0 saturated carbocycles. The molecule has 0 aliphatic carbocycles. The van der Waals surface area contributed by atoms with E-state index in [1.165, 1.54) is 5.56 Å². The van der Waals surface area contributed by atoms with Crippen LogP contribution in [0.2, 0.25) is 0 Å². The van der Waals surface area contributed by atoms with Gasteiger partial charge in [0.2, 0.25) is 5.91 Å². The molecule has 2 unspecified atom stereocenters. The van der Waals surface area contributed by atoms with Crippen molar-refractivity contribution >= 4 is 5.91 Å². The highest BCUT2D eigenvalue weighted by molar-refractivity contribution is 5.78. The summed E-state index contributed by atoms with van der Waals surface area (Å²) in [6.45, 7) is 1.33. The van der Waals surface area contributed by atoms with Crippen LogP contribution in [0, 0.1) is 0 Å². The number of carbonyl (C=O) groups is 1. The SMILES string of the molecule is O=C1CCCC2COCC(c3ccccc3)N12. The molecule has 2 atom stereocenters. The number of ether oxygens (including phenoxy) is 1. The van der Waals surface area contributed by atoms with E-state index >= 15 is 0 Å². The summed E-state index contributed by atoms with van der Waals surface area (Å²) < 4.78 is 5.66. The van der Waals surface area contributed by atoms with Crippen LogP contribution in [0.15, 0.2) is 30.3 Å². The van der Waals surface area contributed by atoms with Gasteiger partial charge in [0.05, 0.1) is 25.3 Å². The van der Waals surface area contributed by atoms with E-state index < -0.39 is 0 Å². The largest absolute Gasteiger partial charge is 0.377 e. The van der Waals surface area contributed by atoms with Crippen molar-refractivity contribution in [3.05, 3.63) is 35.9 Å². The molecule has 0 aromatic heterocycles. The van der Waals surface area contributed by atoms with Crippen molar-refractivity contribution in [1.82, 2.24) is 4.90 Å². The molecule has 2 heterocycles. The first-order chi connectivity index (χ1) is 8.36. The van der Waals surface area contributed by atoms with Crippen LogP contribution in [0.25, 0.3) is 0 Å². The molecule has 2 aliphatic rings. The first-order valence-corrected chi connectivity index (χ1v) is 6.30. The van der Waals surface area contributed by atoms with Gasteiger partial charge in [0.25, 0.3) is 0 Å². The van der Waals surface area contributed by atoms with Crippen LogP contribution in [-0.4, -0.2) is 30.1 Å². The summed E-state index contributed by atoms with van der Waals surface area (Å²) in [7, 11) is 0. The smallest absolute Gasteiger partial charge is 0.223 e.